The molecule has 1 heterocycles. The van der Waals surface area contributed by atoms with Crippen LogP contribution in [0.2, 0.25) is 0 Å². The number of thioether (sulfide) groups is 1. The van der Waals surface area contributed by atoms with Gasteiger partial charge in [-0.25, -0.2) is 0 Å². The third-order valence-electron chi connectivity index (χ3n) is 5.39. The zero-order chi connectivity index (χ0) is 19.4. The maximum atomic E-state index is 12.6. The lowest BCUT2D eigenvalue weighted by molar-refractivity contribution is -0.121. The fraction of sp³-hybridized carbons (Fsp3) is 0.550. The van der Waals surface area contributed by atoms with E-state index in [2.05, 4.69) is 53.7 Å². The number of rotatable bonds is 6. The smallest absolute Gasteiger partial charge is 0.233 e. The number of aryl methyl sites for hydroxylation is 1. The van der Waals surface area contributed by atoms with Gasteiger partial charge in [0, 0.05) is 11.7 Å². The zero-order valence-corrected chi connectivity index (χ0v) is 18.0. The van der Waals surface area contributed by atoms with E-state index in [-0.39, 0.29) is 17.2 Å². The number of anilines is 2. The maximum Gasteiger partial charge on any atom is 0.233 e. The molecule has 1 aliphatic carbocycles. The molecule has 1 fully saturated rings. The molecule has 1 saturated carbocycles. The van der Waals surface area contributed by atoms with Gasteiger partial charge in [-0.2, -0.15) is 0 Å². The molecule has 1 amide bonds. The molecule has 0 radical (unpaired) electrons. The van der Waals surface area contributed by atoms with Crippen molar-refractivity contribution in [1.82, 2.24) is 15.5 Å². The number of aromatic nitrogens is 2. The first-order valence-corrected chi connectivity index (χ1v) is 11.3. The van der Waals surface area contributed by atoms with Gasteiger partial charge >= 0.3 is 0 Å². The second-order valence-corrected chi connectivity index (χ2v) is 10.1. The molecule has 4 atom stereocenters. The van der Waals surface area contributed by atoms with Crippen LogP contribution in [0.25, 0.3) is 0 Å². The summed E-state index contributed by atoms with van der Waals surface area (Å²) in [6.07, 6.45) is 3.54. The highest BCUT2D eigenvalue weighted by Crippen LogP contribution is 2.32. The lowest BCUT2D eigenvalue weighted by Crippen LogP contribution is -2.46. The first-order chi connectivity index (χ1) is 12.9. The van der Waals surface area contributed by atoms with Gasteiger partial charge < -0.3 is 10.6 Å². The van der Waals surface area contributed by atoms with E-state index in [1.807, 2.05) is 19.1 Å². The summed E-state index contributed by atoms with van der Waals surface area (Å²) in [5.74, 6) is 1.30. The van der Waals surface area contributed by atoms with E-state index in [0.717, 1.165) is 21.6 Å². The lowest BCUT2D eigenvalue weighted by atomic mass is 9.78. The molecule has 5 nitrogen and oxygen atoms in total. The fourth-order valence-corrected chi connectivity index (χ4v) is 5.28. The summed E-state index contributed by atoms with van der Waals surface area (Å²) in [6.45, 7) is 8.53. The molecule has 2 N–H and O–H groups in total. The predicted molar refractivity (Wildman–Crippen MR) is 114 cm³/mol. The van der Waals surface area contributed by atoms with Crippen molar-refractivity contribution in [1.29, 1.82) is 0 Å². The molecule has 0 spiro atoms. The van der Waals surface area contributed by atoms with Crippen molar-refractivity contribution in [2.24, 2.45) is 11.8 Å². The Morgan fingerprint density at radius 1 is 1.22 bits per heavy atom. The van der Waals surface area contributed by atoms with E-state index >= 15 is 0 Å². The molecule has 0 unspecified atom stereocenters. The van der Waals surface area contributed by atoms with Crippen molar-refractivity contribution in [2.45, 2.75) is 62.6 Å². The van der Waals surface area contributed by atoms with Crippen molar-refractivity contribution in [3.05, 3.63) is 29.8 Å². The number of amides is 1. The van der Waals surface area contributed by atoms with E-state index in [1.165, 1.54) is 41.5 Å². The number of hydrogen-bond acceptors (Lipinski definition) is 6. The summed E-state index contributed by atoms with van der Waals surface area (Å²) in [5, 5.41) is 15.5. The Kier molecular flexibility index (Phi) is 6.76. The van der Waals surface area contributed by atoms with Gasteiger partial charge in [-0.3, -0.25) is 4.79 Å². The molecule has 3 rings (SSSR count). The molecule has 0 saturated heterocycles. The number of carbonyl (C=O) groups is 1. The third-order valence-corrected chi connectivity index (χ3v) is 7.41. The van der Waals surface area contributed by atoms with Gasteiger partial charge in [-0.1, -0.05) is 67.5 Å². The van der Waals surface area contributed by atoms with Crippen LogP contribution in [0.4, 0.5) is 10.8 Å². The molecule has 27 heavy (non-hydrogen) atoms. The Hall–Kier alpha value is -1.60. The van der Waals surface area contributed by atoms with Crippen molar-refractivity contribution in [3.8, 4) is 0 Å². The van der Waals surface area contributed by atoms with E-state index in [9.17, 15) is 4.79 Å². The Morgan fingerprint density at radius 2 is 1.96 bits per heavy atom. The van der Waals surface area contributed by atoms with Gasteiger partial charge in [0.1, 0.15) is 0 Å². The second kappa shape index (κ2) is 9.06. The summed E-state index contributed by atoms with van der Waals surface area (Å²) in [5.41, 5.74) is 2.20. The van der Waals surface area contributed by atoms with Crippen molar-refractivity contribution < 1.29 is 4.79 Å². The second-order valence-electron chi connectivity index (χ2n) is 7.51. The molecular weight excluding hydrogens is 376 g/mol. The first-order valence-electron chi connectivity index (χ1n) is 9.56. The molecule has 2 aromatic rings. The molecule has 1 aromatic carbocycles. The number of nitrogens with zero attached hydrogens (tertiary/aromatic N) is 2. The van der Waals surface area contributed by atoms with E-state index in [0.29, 0.717) is 11.8 Å². The number of benzene rings is 1. The van der Waals surface area contributed by atoms with Crippen LogP contribution in [0.1, 0.15) is 45.6 Å². The zero-order valence-electron chi connectivity index (χ0n) is 16.4. The topological polar surface area (TPSA) is 66.9 Å². The number of carbonyl (C=O) groups excluding carboxylic acids is 1. The SMILES string of the molecule is Cc1ccc(Nc2nnc(S[C@@H](C)C(=O)N[C@H]3CCC[C@H](C)[C@@H]3C)s2)cc1. The van der Waals surface area contributed by atoms with Crippen LogP contribution in [-0.4, -0.2) is 27.4 Å². The average Bonchev–Trinajstić information content (AvgIpc) is 3.07. The molecule has 0 bridgehead atoms. The van der Waals surface area contributed by atoms with Crippen molar-refractivity contribution in [3.63, 3.8) is 0 Å². The normalized spacial score (nSPS) is 23.6. The molecule has 1 aliphatic rings. The van der Waals surface area contributed by atoms with Gasteiger partial charge in [0.25, 0.3) is 0 Å². The van der Waals surface area contributed by atoms with E-state index < -0.39 is 0 Å². The van der Waals surface area contributed by atoms with Crippen LogP contribution in [0.15, 0.2) is 28.6 Å². The van der Waals surface area contributed by atoms with E-state index in [4.69, 9.17) is 0 Å². The van der Waals surface area contributed by atoms with Crippen LogP contribution in [0.5, 0.6) is 0 Å². The van der Waals surface area contributed by atoms with Crippen LogP contribution in [0, 0.1) is 18.8 Å². The van der Waals surface area contributed by atoms with E-state index in [1.54, 1.807) is 0 Å². The highest BCUT2D eigenvalue weighted by molar-refractivity contribution is 8.02. The Bertz CT molecular complexity index is 762. The molecule has 146 valence electrons. The van der Waals surface area contributed by atoms with Gasteiger partial charge in [0.05, 0.1) is 5.25 Å². The Labute approximate surface area is 169 Å². The summed E-state index contributed by atoms with van der Waals surface area (Å²) < 4.78 is 0.803. The summed E-state index contributed by atoms with van der Waals surface area (Å²) in [4.78, 5) is 12.6. The summed E-state index contributed by atoms with van der Waals surface area (Å²) >= 11 is 2.94. The summed E-state index contributed by atoms with van der Waals surface area (Å²) in [7, 11) is 0. The van der Waals surface area contributed by atoms with Crippen molar-refractivity contribution in [2.75, 3.05) is 5.32 Å². The van der Waals surface area contributed by atoms with Crippen molar-refractivity contribution >= 4 is 39.8 Å². The number of hydrogen-bond donors (Lipinski definition) is 2. The quantitative estimate of drug-likeness (QED) is 0.662. The third kappa shape index (κ3) is 5.45. The molecule has 7 heteroatoms. The fourth-order valence-electron chi connectivity index (χ4n) is 3.36. The largest absolute Gasteiger partial charge is 0.352 e. The van der Waals surface area contributed by atoms with Crippen LogP contribution < -0.4 is 10.6 Å². The van der Waals surface area contributed by atoms with Gasteiger partial charge in [-0.15, -0.1) is 10.2 Å². The lowest BCUT2D eigenvalue weighted by Gasteiger charge is -2.35. The molecule has 0 aliphatic heterocycles. The minimum Gasteiger partial charge on any atom is -0.352 e. The van der Waals surface area contributed by atoms with Gasteiger partial charge in [-0.05, 0) is 44.2 Å². The Morgan fingerprint density at radius 3 is 2.70 bits per heavy atom. The monoisotopic (exact) mass is 404 g/mol. The van der Waals surface area contributed by atoms with Gasteiger partial charge in [0.2, 0.25) is 11.0 Å². The highest BCUT2D eigenvalue weighted by atomic mass is 32.2. The first kappa shape index (κ1) is 20.1. The van der Waals surface area contributed by atoms with Crippen LogP contribution in [-0.2, 0) is 4.79 Å². The van der Waals surface area contributed by atoms with Crippen LogP contribution >= 0.6 is 23.1 Å². The van der Waals surface area contributed by atoms with Gasteiger partial charge in [0.15, 0.2) is 4.34 Å². The Balaban J connectivity index is 1.53. The minimum atomic E-state index is -0.186. The molecule has 1 aromatic heterocycles. The van der Waals surface area contributed by atoms with Crippen LogP contribution in [0.3, 0.4) is 0 Å². The summed E-state index contributed by atoms with van der Waals surface area (Å²) in [6, 6.07) is 8.44. The molecular formula is C20H28N4OS2. The average molecular weight is 405 g/mol. The highest BCUT2D eigenvalue weighted by Gasteiger charge is 2.29. The minimum absolute atomic E-state index is 0.0918. The maximum absolute atomic E-state index is 12.6. The standard InChI is InChI=1S/C20H28N4OS2/c1-12-8-10-16(11-9-12)21-19-23-24-20(27-19)26-15(4)18(25)22-17-7-5-6-13(2)14(17)3/h8-11,13-15,17H,5-7H2,1-4H3,(H,21,23)(H,22,25)/t13-,14-,15-,17-/m0/s1. The predicted octanol–water partition coefficient (Wildman–Crippen LogP) is 5.01. The number of nitrogens with one attached hydrogen (secondary N) is 2.